The Hall–Kier alpha value is -3.20. The first-order valence-corrected chi connectivity index (χ1v) is 11.6. The predicted octanol–water partition coefficient (Wildman–Crippen LogP) is 5.52. The molecule has 33 heavy (non-hydrogen) atoms. The Labute approximate surface area is 203 Å². The highest BCUT2D eigenvalue weighted by molar-refractivity contribution is 7.21. The van der Waals surface area contributed by atoms with Crippen LogP contribution < -0.4 is 10.6 Å². The van der Waals surface area contributed by atoms with Crippen molar-refractivity contribution < 1.29 is 4.79 Å². The number of aromatic nitrogens is 4. The maximum Gasteiger partial charge on any atom is 0.251 e. The summed E-state index contributed by atoms with van der Waals surface area (Å²) in [6.07, 6.45) is 1.75. The zero-order valence-electron chi connectivity index (χ0n) is 17.7. The van der Waals surface area contributed by atoms with Gasteiger partial charge in [-0.2, -0.15) is 0 Å². The highest BCUT2D eigenvalue weighted by Crippen LogP contribution is 2.35. The standard InChI is InChI=1S/C23H18Cl2N6OS/c1-26-20-17-19(31(2)11-28-17)18-23(30-20)33-22(29-18)13-5-3-4-12(8-13)21(32)27-10-14-6-7-15(24)9-16(14)25/h3-9,11H,10H2,1-2H3,(H,26,30)(H,27,32). The van der Waals surface area contributed by atoms with E-state index >= 15 is 0 Å². The fourth-order valence-corrected chi connectivity index (χ4v) is 5.03. The minimum absolute atomic E-state index is 0.200. The van der Waals surface area contributed by atoms with Crippen molar-refractivity contribution in [2.24, 2.45) is 7.05 Å². The minimum Gasteiger partial charge on any atom is -0.371 e. The van der Waals surface area contributed by atoms with Gasteiger partial charge in [-0.3, -0.25) is 4.79 Å². The number of fused-ring (bicyclic) bond motifs is 3. The van der Waals surface area contributed by atoms with E-state index < -0.39 is 0 Å². The van der Waals surface area contributed by atoms with E-state index in [1.807, 2.05) is 36.9 Å². The van der Waals surface area contributed by atoms with Crippen LogP contribution in [0.1, 0.15) is 15.9 Å². The lowest BCUT2D eigenvalue weighted by Gasteiger charge is -2.08. The summed E-state index contributed by atoms with van der Waals surface area (Å²) in [5, 5.41) is 7.86. The molecule has 0 spiro atoms. The number of rotatable bonds is 5. The van der Waals surface area contributed by atoms with Crippen molar-refractivity contribution in [3.05, 3.63) is 70.0 Å². The van der Waals surface area contributed by atoms with Gasteiger partial charge in [0.2, 0.25) is 0 Å². The van der Waals surface area contributed by atoms with Gasteiger partial charge in [-0.15, -0.1) is 0 Å². The van der Waals surface area contributed by atoms with Crippen molar-refractivity contribution in [1.29, 1.82) is 0 Å². The van der Waals surface area contributed by atoms with Crippen molar-refractivity contribution in [3.8, 4) is 10.6 Å². The average Bonchev–Trinajstić information content (AvgIpc) is 3.41. The number of carbonyl (C=O) groups excluding carboxylic acids is 1. The number of imidazole rings is 1. The summed E-state index contributed by atoms with van der Waals surface area (Å²) in [6.45, 7) is 0.301. The highest BCUT2D eigenvalue weighted by atomic mass is 35.5. The summed E-state index contributed by atoms with van der Waals surface area (Å²) in [7, 11) is 3.76. The number of hydrogen-bond acceptors (Lipinski definition) is 6. The number of nitrogens with one attached hydrogen (secondary N) is 2. The van der Waals surface area contributed by atoms with E-state index in [9.17, 15) is 4.79 Å². The summed E-state index contributed by atoms with van der Waals surface area (Å²) in [5.41, 5.74) is 4.65. The fraction of sp³-hybridized carbons (Fsp3) is 0.130. The predicted molar refractivity (Wildman–Crippen MR) is 134 cm³/mol. The van der Waals surface area contributed by atoms with Crippen LogP contribution >= 0.6 is 34.5 Å². The first-order chi connectivity index (χ1) is 15.9. The number of thiazole rings is 1. The molecule has 0 aliphatic carbocycles. The van der Waals surface area contributed by atoms with E-state index in [1.165, 1.54) is 11.3 Å². The summed E-state index contributed by atoms with van der Waals surface area (Å²) in [4.78, 5) is 27.6. The summed E-state index contributed by atoms with van der Waals surface area (Å²) >= 11 is 13.6. The molecular formula is C23H18Cl2N6OS. The molecule has 0 bridgehead atoms. The second kappa shape index (κ2) is 8.62. The lowest BCUT2D eigenvalue weighted by atomic mass is 10.1. The summed E-state index contributed by atoms with van der Waals surface area (Å²) in [5.74, 6) is 0.510. The maximum absolute atomic E-state index is 12.8. The number of nitrogens with zero attached hydrogens (tertiary/aromatic N) is 4. The van der Waals surface area contributed by atoms with E-state index in [-0.39, 0.29) is 5.91 Å². The second-order valence-electron chi connectivity index (χ2n) is 7.44. The zero-order chi connectivity index (χ0) is 23.1. The number of benzene rings is 2. The maximum atomic E-state index is 12.8. The largest absolute Gasteiger partial charge is 0.371 e. The molecule has 5 aromatic rings. The molecule has 3 heterocycles. The van der Waals surface area contributed by atoms with E-state index in [2.05, 4.69) is 20.6 Å². The normalized spacial score (nSPS) is 11.3. The summed E-state index contributed by atoms with van der Waals surface area (Å²) < 4.78 is 1.94. The van der Waals surface area contributed by atoms with Crippen molar-refractivity contribution in [2.75, 3.05) is 12.4 Å². The van der Waals surface area contributed by atoms with Crippen molar-refractivity contribution >= 4 is 67.6 Å². The van der Waals surface area contributed by atoms with Gasteiger partial charge in [0.15, 0.2) is 5.82 Å². The molecule has 166 valence electrons. The van der Waals surface area contributed by atoms with Crippen LogP contribution in [0.15, 0.2) is 48.8 Å². The first kappa shape index (κ1) is 21.6. The van der Waals surface area contributed by atoms with Crippen LogP contribution in [0.25, 0.3) is 32.0 Å². The lowest BCUT2D eigenvalue weighted by molar-refractivity contribution is 0.0951. The number of carbonyl (C=O) groups is 1. The number of anilines is 1. The van der Waals surface area contributed by atoms with Crippen LogP contribution in [-0.2, 0) is 13.6 Å². The first-order valence-electron chi connectivity index (χ1n) is 10.1. The van der Waals surface area contributed by atoms with Gasteiger partial charge in [0.1, 0.15) is 26.4 Å². The summed E-state index contributed by atoms with van der Waals surface area (Å²) in [6, 6.07) is 12.6. The number of hydrogen-bond donors (Lipinski definition) is 2. The van der Waals surface area contributed by atoms with E-state index in [0.717, 1.165) is 37.5 Å². The molecule has 3 aromatic heterocycles. The molecule has 0 saturated carbocycles. The fourth-order valence-electron chi connectivity index (χ4n) is 3.61. The van der Waals surface area contributed by atoms with Gasteiger partial charge in [0, 0.05) is 41.8 Å². The topological polar surface area (TPSA) is 84.7 Å². The number of pyridine rings is 1. The van der Waals surface area contributed by atoms with E-state index in [4.69, 9.17) is 28.2 Å². The molecule has 2 aromatic carbocycles. The van der Waals surface area contributed by atoms with Gasteiger partial charge < -0.3 is 15.2 Å². The minimum atomic E-state index is -0.200. The zero-order valence-corrected chi connectivity index (χ0v) is 20.0. The number of amides is 1. The molecule has 0 radical (unpaired) electrons. The van der Waals surface area contributed by atoms with E-state index in [1.54, 1.807) is 30.6 Å². The molecule has 0 fully saturated rings. The number of halogens is 2. The van der Waals surface area contributed by atoms with Crippen molar-refractivity contribution in [2.45, 2.75) is 6.54 Å². The highest BCUT2D eigenvalue weighted by Gasteiger charge is 2.18. The monoisotopic (exact) mass is 496 g/mol. The van der Waals surface area contributed by atoms with Gasteiger partial charge in [0.05, 0.1) is 6.33 Å². The van der Waals surface area contributed by atoms with Gasteiger partial charge >= 0.3 is 0 Å². The van der Waals surface area contributed by atoms with Crippen LogP contribution in [0.5, 0.6) is 0 Å². The van der Waals surface area contributed by atoms with Crippen LogP contribution in [0.2, 0.25) is 10.0 Å². The molecular weight excluding hydrogens is 479 g/mol. The van der Waals surface area contributed by atoms with Gasteiger partial charge in [-0.05, 0) is 29.8 Å². The van der Waals surface area contributed by atoms with Crippen LogP contribution in [0.3, 0.4) is 0 Å². The van der Waals surface area contributed by atoms with Crippen molar-refractivity contribution in [3.63, 3.8) is 0 Å². The smallest absolute Gasteiger partial charge is 0.251 e. The van der Waals surface area contributed by atoms with E-state index in [0.29, 0.717) is 28.0 Å². The molecule has 0 aliphatic heterocycles. The van der Waals surface area contributed by atoms with Gasteiger partial charge in [0.25, 0.3) is 5.91 Å². The Kier molecular flexibility index (Phi) is 5.65. The Balaban J connectivity index is 1.45. The van der Waals surface area contributed by atoms with Crippen LogP contribution in [0.4, 0.5) is 5.82 Å². The molecule has 5 rings (SSSR count). The van der Waals surface area contributed by atoms with Gasteiger partial charge in [-0.25, -0.2) is 15.0 Å². The Morgan fingerprint density at radius 1 is 1.12 bits per heavy atom. The molecule has 2 N–H and O–H groups in total. The number of aryl methyl sites for hydroxylation is 1. The third kappa shape index (κ3) is 4.01. The molecule has 0 atom stereocenters. The lowest BCUT2D eigenvalue weighted by Crippen LogP contribution is -2.22. The average molecular weight is 497 g/mol. The molecule has 1 amide bonds. The Bertz CT molecular complexity index is 1530. The Morgan fingerprint density at radius 2 is 1.97 bits per heavy atom. The molecule has 0 saturated heterocycles. The SMILES string of the molecule is CNc1nc2sc(-c3cccc(C(=O)NCc4ccc(Cl)cc4Cl)c3)nc2c2c1ncn2C. The molecule has 0 aliphatic rings. The molecule has 10 heteroatoms. The molecule has 0 unspecified atom stereocenters. The quantitative estimate of drug-likeness (QED) is 0.334. The molecule has 7 nitrogen and oxygen atoms in total. The van der Waals surface area contributed by atoms with Gasteiger partial charge in [-0.1, -0.05) is 52.7 Å². The van der Waals surface area contributed by atoms with Crippen LogP contribution in [-0.4, -0.2) is 32.5 Å². The third-order valence-electron chi connectivity index (χ3n) is 5.27. The Morgan fingerprint density at radius 3 is 2.76 bits per heavy atom. The third-order valence-corrected chi connectivity index (χ3v) is 6.86. The second-order valence-corrected chi connectivity index (χ2v) is 9.26. The van der Waals surface area contributed by atoms with Crippen LogP contribution in [0, 0.1) is 0 Å². The van der Waals surface area contributed by atoms with Crippen molar-refractivity contribution in [1.82, 2.24) is 24.8 Å².